The number of carbonyl (C=O) groups is 1. The first-order valence-corrected chi connectivity index (χ1v) is 8.25. The van der Waals surface area contributed by atoms with Gasteiger partial charge in [0.2, 0.25) is 0 Å². The van der Waals surface area contributed by atoms with E-state index in [-0.39, 0.29) is 17.9 Å². The molecule has 1 aromatic heterocycles. The van der Waals surface area contributed by atoms with E-state index < -0.39 is 5.54 Å². The van der Waals surface area contributed by atoms with Crippen molar-refractivity contribution >= 4 is 17.3 Å². The molecule has 0 aliphatic heterocycles. The van der Waals surface area contributed by atoms with Crippen LogP contribution in [0.1, 0.15) is 46.9 Å². The average molecular weight is 346 g/mol. The Bertz CT molecular complexity index is 737. The van der Waals surface area contributed by atoms with E-state index in [0.717, 1.165) is 0 Å². The van der Waals surface area contributed by atoms with Gasteiger partial charge in [-0.2, -0.15) is 0 Å². The zero-order chi connectivity index (χ0) is 18.7. The van der Waals surface area contributed by atoms with Crippen molar-refractivity contribution in [2.45, 2.75) is 52.1 Å². The van der Waals surface area contributed by atoms with Crippen molar-refractivity contribution in [1.82, 2.24) is 20.2 Å². The van der Waals surface area contributed by atoms with Crippen LogP contribution in [0.2, 0.25) is 0 Å². The third-order valence-corrected chi connectivity index (χ3v) is 3.77. The molecule has 8 nitrogen and oxygen atoms in total. The van der Waals surface area contributed by atoms with E-state index in [9.17, 15) is 4.79 Å². The van der Waals surface area contributed by atoms with Crippen LogP contribution in [0.3, 0.4) is 0 Å². The van der Waals surface area contributed by atoms with Gasteiger partial charge in [-0.15, -0.1) is 5.10 Å². The number of nitrogen functional groups attached to an aromatic ring is 1. The fourth-order valence-corrected chi connectivity index (χ4v) is 2.57. The largest absolute Gasteiger partial charge is 0.466 e. The van der Waals surface area contributed by atoms with Gasteiger partial charge < -0.3 is 15.8 Å². The number of hydrogen-bond acceptors (Lipinski definition) is 7. The van der Waals surface area contributed by atoms with Gasteiger partial charge in [-0.25, -0.2) is 4.68 Å². The number of nitrogens with zero attached hydrogens (tertiary/aromatic N) is 4. The minimum Gasteiger partial charge on any atom is -0.466 e. The van der Waals surface area contributed by atoms with Crippen LogP contribution in [-0.4, -0.2) is 32.8 Å². The second-order valence-electron chi connectivity index (χ2n) is 7.11. The molecule has 1 unspecified atom stereocenters. The summed E-state index contributed by atoms with van der Waals surface area (Å²) in [6.45, 7) is 9.94. The Morgan fingerprint density at radius 2 is 1.96 bits per heavy atom. The summed E-state index contributed by atoms with van der Waals surface area (Å²) in [7, 11) is 0. The number of anilines is 2. The summed E-state index contributed by atoms with van der Waals surface area (Å²) in [5.41, 5.74) is 6.10. The molecule has 0 aliphatic rings. The van der Waals surface area contributed by atoms with Gasteiger partial charge in [0.05, 0.1) is 29.9 Å². The Morgan fingerprint density at radius 3 is 2.56 bits per heavy atom. The molecular weight excluding hydrogens is 320 g/mol. The van der Waals surface area contributed by atoms with Crippen LogP contribution in [0, 0.1) is 0 Å². The molecule has 0 spiro atoms. The van der Waals surface area contributed by atoms with E-state index in [1.807, 2.05) is 45.9 Å². The van der Waals surface area contributed by atoms with Crippen LogP contribution in [0.15, 0.2) is 24.3 Å². The third kappa shape index (κ3) is 4.26. The van der Waals surface area contributed by atoms with Gasteiger partial charge >= 0.3 is 5.97 Å². The molecular formula is C17H26N6O2. The predicted molar refractivity (Wildman–Crippen MR) is 95.9 cm³/mol. The van der Waals surface area contributed by atoms with Gasteiger partial charge in [0, 0.05) is 0 Å². The Kier molecular flexibility index (Phi) is 5.30. The standard InChI is InChI=1S/C17H26N6O2/c1-6-25-14(24)11-17(5,19-13-10-8-7-9-12(13)18)15-20-21-22-23(15)16(2,3)4/h7-10,19H,6,11,18H2,1-5H3. The fraction of sp³-hybridized carbons (Fsp3) is 0.529. The Labute approximate surface area is 147 Å². The Hall–Kier alpha value is -2.64. The average Bonchev–Trinajstić information content (AvgIpc) is 3.00. The molecule has 0 radical (unpaired) electrons. The van der Waals surface area contributed by atoms with Crippen molar-refractivity contribution in [3.63, 3.8) is 0 Å². The number of benzene rings is 1. The van der Waals surface area contributed by atoms with Crippen molar-refractivity contribution in [2.24, 2.45) is 0 Å². The second kappa shape index (κ2) is 7.08. The molecule has 1 heterocycles. The van der Waals surface area contributed by atoms with Gasteiger partial charge in [-0.1, -0.05) is 12.1 Å². The summed E-state index contributed by atoms with van der Waals surface area (Å²) in [6.07, 6.45) is 0.0611. The minimum absolute atomic E-state index is 0.0611. The normalized spacial score (nSPS) is 14.0. The first kappa shape index (κ1) is 18.7. The Balaban J connectivity index is 2.48. The molecule has 1 atom stereocenters. The van der Waals surface area contributed by atoms with Gasteiger partial charge in [-0.05, 0) is 57.2 Å². The van der Waals surface area contributed by atoms with Crippen LogP contribution in [0.4, 0.5) is 11.4 Å². The van der Waals surface area contributed by atoms with Gasteiger partial charge in [0.15, 0.2) is 5.82 Å². The zero-order valence-electron chi connectivity index (χ0n) is 15.4. The van der Waals surface area contributed by atoms with E-state index in [1.165, 1.54) is 0 Å². The fourth-order valence-electron chi connectivity index (χ4n) is 2.57. The van der Waals surface area contributed by atoms with E-state index in [4.69, 9.17) is 10.5 Å². The van der Waals surface area contributed by atoms with Gasteiger partial charge in [0.1, 0.15) is 5.54 Å². The lowest BCUT2D eigenvalue weighted by Crippen LogP contribution is -2.41. The molecule has 0 bridgehead atoms. The molecule has 0 fully saturated rings. The SMILES string of the molecule is CCOC(=O)CC(C)(Nc1ccccc1N)c1nnnn1C(C)(C)C. The number of rotatable bonds is 6. The molecule has 0 amide bonds. The summed E-state index contributed by atoms with van der Waals surface area (Å²) < 4.78 is 6.85. The molecule has 0 saturated carbocycles. The lowest BCUT2D eigenvalue weighted by atomic mass is 9.94. The van der Waals surface area contributed by atoms with Gasteiger partial charge in [0.25, 0.3) is 0 Å². The van der Waals surface area contributed by atoms with Gasteiger partial charge in [-0.3, -0.25) is 4.79 Å². The summed E-state index contributed by atoms with van der Waals surface area (Å²) in [5, 5.41) is 15.4. The van der Waals surface area contributed by atoms with E-state index >= 15 is 0 Å². The highest BCUT2D eigenvalue weighted by Gasteiger charge is 2.38. The molecule has 3 N–H and O–H groups in total. The van der Waals surface area contributed by atoms with E-state index in [0.29, 0.717) is 23.8 Å². The summed E-state index contributed by atoms with van der Waals surface area (Å²) in [6, 6.07) is 7.36. The molecule has 136 valence electrons. The van der Waals surface area contributed by atoms with Crippen LogP contribution < -0.4 is 11.1 Å². The third-order valence-electron chi connectivity index (χ3n) is 3.77. The van der Waals surface area contributed by atoms with Crippen molar-refractivity contribution in [2.75, 3.05) is 17.7 Å². The van der Waals surface area contributed by atoms with Crippen molar-refractivity contribution in [1.29, 1.82) is 0 Å². The van der Waals surface area contributed by atoms with Crippen LogP contribution in [0.25, 0.3) is 0 Å². The minimum atomic E-state index is -0.890. The predicted octanol–water partition coefficient (Wildman–Crippen LogP) is 2.29. The molecule has 8 heteroatoms. The number of nitrogens with one attached hydrogen (secondary N) is 1. The second-order valence-corrected chi connectivity index (χ2v) is 7.11. The molecule has 0 aliphatic carbocycles. The number of carbonyl (C=O) groups excluding carboxylic acids is 1. The maximum Gasteiger partial charge on any atom is 0.308 e. The van der Waals surface area contributed by atoms with Crippen LogP contribution >= 0.6 is 0 Å². The maximum atomic E-state index is 12.2. The summed E-state index contributed by atoms with van der Waals surface area (Å²) in [4.78, 5) is 12.2. The van der Waals surface area contributed by atoms with Crippen molar-refractivity contribution in [3.05, 3.63) is 30.1 Å². The quantitative estimate of drug-likeness (QED) is 0.610. The highest BCUT2D eigenvalue weighted by Crippen LogP contribution is 2.32. The summed E-state index contributed by atoms with van der Waals surface area (Å²) in [5.74, 6) is 0.201. The number of aromatic nitrogens is 4. The van der Waals surface area contributed by atoms with Crippen LogP contribution in [-0.2, 0) is 20.6 Å². The monoisotopic (exact) mass is 346 g/mol. The molecule has 1 aromatic carbocycles. The lowest BCUT2D eigenvalue weighted by Gasteiger charge is -2.33. The number of nitrogens with two attached hydrogens (primary N) is 1. The molecule has 25 heavy (non-hydrogen) atoms. The molecule has 2 aromatic rings. The number of hydrogen-bond donors (Lipinski definition) is 2. The first-order valence-electron chi connectivity index (χ1n) is 8.25. The maximum absolute atomic E-state index is 12.2. The topological polar surface area (TPSA) is 108 Å². The highest BCUT2D eigenvalue weighted by atomic mass is 16.5. The zero-order valence-corrected chi connectivity index (χ0v) is 15.4. The van der Waals surface area contributed by atoms with Crippen LogP contribution in [0.5, 0.6) is 0 Å². The highest BCUT2D eigenvalue weighted by molar-refractivity contribution is 5.73. The smallest absolute Gasteiger partial charge is 0.308 e. The van der Waals surface area contributed by atoms with E-state index in [1.54, 1.807) is 17.7 Å². The molecule has 0 saturated heterocycles. The lowest BCUT2D eigenvalue weighted by molar-refractivity contribution is -0.144. The van der Waals surface area contributed by atoms with Crippen molar-refractivity contribution < 1.29 is 9.53 Å². The molecule has 2 rings (SSSR count). The number of tetrazole rings is 1. The first-order chi connectivity index (χ1) is 11.7. The Morgan fingerprint density at radius 1 is 1.28 bits per heavy atom. The summed E-state index contributed by atoms with van der Waals surface area (Å²) >= 11 is 0. The number of para-hydroxylation sites is 2. The van der Waals surface area contributed by atoms with Crippen molar-refractivity contribution in [3.8, 4) is 0 Å². The number of esters is 1. The number of ether oxygens (including phenoxy) is 1. The van der Waals surface area contributed by atoms with E-state index in [2.05, 4.69) is 20.8 Å².